The zero-order valence-electron chi connectivity index (χ0n) is 13.0. The summed E-state index contributed by atoms with van der Waals surface area (Å²) in [5.74, 6) is 0.448. The summed E-state index contributed by atoms with van der Waals surface area (Å²) in [4.78, 5) is 8.68. The fourth-order valence-corrected chi connectivity index (χ4v) is 3.14. The lowest BCUT2D eigenvalue weighted by Crippen LogP contribution is -2.22. The third kappa shape index (κ3) is 2.66. The number of sulfonamides is 1. The Labute approximate surface area is 134 Å². The molecule has 8 heteroatoms. The second-order valence-corrected chi connectivity index (χ2v) is 7.27. The molecule has 1 aromatic carbocycles. The van der Waals surface area contributed by atoms with Gasteiger partial charge >= 0.3 is 0 Å². The number of aromatic nitrogens is 3. The molecule has 0 saturated heterocycles. The molecular weight excluding hydrogens is 316 g/mol. The van der Waals surface area contributed by atoms with E-state index in [1.54, 1.807) is 30.7 Å². The van der Waals surface area contributed by atoms with E-state index in [0.717, 1.165) is 4.31 Å². The SMILES string of the molecule is COc1cc(S(=O)(=O)N(C)C)ccc1-c1cn2ccncc2n1. The zero-order valence-corrected chi connectivity index (χ0v) is 13.8. The molecule has 0 spiro atoms. The van der Waals surface area contributed by atoms with Crippen LogP contribution in [-0.4, -0.2) is 48.3 Å². The van der Waals surface area contributed by atoms with E-state index in [0.29, 0.717) is 22.7 Å². The maximum atomic E-state index is 12.2. The Balaban J connectivity index is 2.13. The summed E-state index contributed by atoms with van der Waals surface area (Å²) in [7, 11) is 0.969. The van der Waals surface area contributed by atoms with Crippen LogP contribution in [0.15, 0.2) is 47.9 Å². The molecule has 120 valence electrons. The predicted octanol–water partition coefficient (Wildman–Crippen LogP) is 1.66. The Morgan fingerprint density at radius 2 is 2.04 bits per heavy atom. The molecule has 0 atom stereocenters. The molecule has 0 N–H and O–H groups in total. The molecule has 0 aliphatic rings. The van der Waals surface area contributed by atoms with E-state index in [9.17, 15) is 8.42 Å². The topological polar surface area (TPSA) is 76.8 Å². The number of ether oxygens (including phenoxy) is 1. The Hall–Kier alpha value is -2.45. The summed E-state index contributed by atoms with van der Waals surface area (Å²) < 4.78 is 32.8. The van der Waals surface area contributed by atoms with Crippen LogP contribution in [0.25, 0.3) is 16.9 Å². The van der Waals surface area contributed by atoms with Gasteiger partial charge < -0.3 is 9.14 Å². The molecule has 3 rings (SSSR count). The maximum absolute atomic E-state index is 12.2. The van der Waals surface area contributed by atoms with Crippen molar-refractivity contribution in [3.8, 4) is 17.0 Å². The lowest BCUT2D eigenvalue weighted by molar-refractivity contribution is 0.414. The molecule has 2 aromatic heterocycles. The smallest absolute Gasteiger partial charge is 0.242 e. The molecule has 0 aliphatic heterocycles. The maximum Gasteiger partial charge on any atom is 0.242 e. The molecule has 0 bridgehead atoms. The first kappa shape index (κ1) is 15.4. The van der Waals surface area contributed by atoms with Gasteiger partial charge in [-0.25, -0.2) is 17.7 Å². The monoisotopic (exact) mass is 332 g/mol. The van der Waals surface area contributed by atoms with Crippen LogP contribution in [-0.2, 0) is 10.0 Å². The number of benzene rings is 1. The van der Waals surface area contributed by atoms with Crippen LogP contribution in [0, 0.1) is 0 Å². The molecule has 0 amide bonds. The van der Waals surface area contributed by atoms with Crippen molar-refractivity contribution in [3.63, 3.8) is 0 Å². The zero-order chi connectivity index (χ0) is 16.6. The van der Waals surface area contributed by atoms with Gasteiger partial charge in [0.15, 0.2) is 5.65 Å². The van der Waals surface area contributed by atoms with Gasteiger partial charge in [-0.2, -0.15) is 0 Å². The van der Waals surface area contributed by atoms with Crippen molar-refractivity contribution in [1.82, 2.24) is 18.7 Å². The van der Waals surface area contributed by atoms with Crippen LogP contribution >= 0.6 is 0 Å². The van der Waals surface area contributed by atoms with Gasteiger partial charge in [-0.3, -0.25) is 4.98 Å². The fourth-order valence-electron chi connectivity index (χ4n) is 2.23. The van der Waals surface area contributed by atoms with Crippen LogP contribution in [0.3, 0.4) is 0 Å². The normalized spacial score (nSPS) is 12.0. The van der Waals surface area contributed by atoms with Crippen molar-refractivity contribution < 1.29 is 13.2 Å². The van der Waals surface area contributed by atoms with Gasteiger partial charge in [0.05, 0.1) is 23.9 Å². The fraction of sp³-hybridized carbons (Fsp3) is 0.200. The third-order valence-corrected chi connectivity index (χ3v) is 5.30. The Bertz CT molecular complexity index is 931. The van der Waals surface area contributed by atoms with Crippen molar-refractivity contribution >= 4 is 15.7 Å². The van der Waals surface area contributed by atoms with Gasteiger partial charge in [0.25, 0.3) is 0 Å². The summed E-state index contributed by atoms with van der Waals surface area (Å²) in [6.07, 6.45) is 6.96. The Morgan fingerprint density at radius 1 is 1.26 bits per heavy atom. The number of methoxy groups -OCH3 is 1. The van der Waals surface area contributed by atoms with E-state index < -0.39 is 10.0 Å². The lowest BCUT2D eigenvalue weighted by Gasteiger charge is -2.13. The first-order chi connectivity index (χ1) is 10.9. The second kappa shape index (κ2) is 5.64. The van der Waals surface area contributed by atoms with Crippen LogP contribution in [0.2, 0.25) is 0 Å². The van der Waals surface area contributed by atoms with Gasteiger partial charge in [-0.05, 0) is 12.1 Å². The van der Waals surface area contributed by atoms with Crippen molar-refractivity contribution in [2.24, 2.45) is 0 Å². The molecule has 0 radical (unpaired) electrons. The van der Waals surface area contributed by atoms with E-state index in [2.05, 4.69) is 9.97 Å². The molecule has 0 unspecified atom stereocenters. The average molecular weight is 332 g/mol. The minimum Gasteiger partial charge on any atom is -0.496 e. The number of nitrogens with zero attached hydrogens (tertiary/aromatic N) is 4. The molecular formula is C15H16N4O3S. The van der Waals surface area contributed by atoms with Crippen LogP contribution in [0.1, 0.15) is 0 Å². The molecule has 0 saturated carbocycles. The largest absolute Gasteiger partial charge is 0.496 e. The van der Waals surface area contributed by atoms with Crippen molar-refractivity contribution in [2.45, 2.75) is 4.90 Å². The van der Waals surface area contributed by atoms with Crippen molar-refractivity contribution in [1.29, 1.82) is 0 Å². The van der Waals surface area contributed by atoms with E-state index in [-0.39, 0.29) is 4.90 Å². The molecule has 0 aliphatic carbocycles. The lowest BCUT2D eigenvalue weighted by atomic mass is 10.1. The van der Waals surface area contributed by atoms with Gasteiger partial charge in [0.2, 0.25) is 10.0 Å². The van der Waals surface area contributed by atoms with Crippen LogP contribution in [0.4, 0.5) is 0 Å². The van der Waals surface area contributed by atoms with Gasteiger partial charge in [0, 0.05) is 44.3 Å². The minimum atomic E-state index is -3.52. The molecule has 2 heterocycles. The van der Waals surface area contributed by atoms with E-state index in [4.69, 9.17) is 4.74 Å². The predicted molar refractivity (Wildman–Crippen MR) is 85.8 cm³/mol. The number of hydrogen-bond donors (Lipinski definition) is 0. The molecule has 7 nitrogen and oxygen atoms in total. The van der Waals surface area contributed by atoms with E-state index >= 15 is 0 Å². The van der Waals surface area contributed by atoms with Crippen LogP contribution in [0.5, 0.6) is 5.75 Å². The first-order valence-corrected chi connectivity index (χ1v) is 8.27. The Morgan fingerprint density at radius 3 is 2.70 bits per heavy atom. The highest BCUT2D eigenvalue weighted by Crippen LogP contribution is 2.32. The summed E-state index contributed by atoms with van der Waals surface area (Å²) >= 11 is 0. The van der Waals surface area contributed by atoms with E-state index in [1.165, 1.54) is 27.3 Å². The number of hydrogen-bond acceptors (Lipinski definition) is 5. The van der Waals surface area contributed by atoms with Gasteiger partial charge in [-0.15, -0.1) is 0 Å². The highest BCUT2D eigenvalue weighted by atomic mass is 32.2. The summed E-state index contributed by atoms with van der Waals surface area (Å²) in [6, 6.07) is 4.76. The van der Waals surface area contributed by atoms with Gasteiger partial charge in [0.1, 0.15) is 5.75 Å². The summed E-state index contributed by atoms with van der Waals surface area (Å²) in [5, 5.41) is 0. The second-order valence-electron chi connectivity index (χ2n) is 5.12. The van der Waals surface area contributed by atoms with Crippen molar-refractivity contribution in [3.05, 3.63) is 43.0 Å². The number of rotatable bonds is 4. The molecule has 0 fully saturated rings. The number of fused-ring (bicyclic) bond motifs is 1. The highest BCUT2D eigenvalue weighted by Gasteiger charge is 2.20. The summed E-state index contributed by atoms with van der Waals surface area (Å²) in [6.45, 7) is 0. The quantitative estimate of drug-likeness (QED) is 0.726. The van der Waals surface area contributed by atoms with Crippen LogP contribution < -0.4 is 4.74 Å². The highest BCUT2D eigenvalue weighted by molar-refractivity contribution is 7.89. The molecule has 23 heavy (non-hydrogen) atoms. The van der Waals surface area contributed by atoms with Gasteiger partial charge in [-0.1, -0.05) is 0 Å². The first-order valence-electron chi connectivity index (χ1n) is 6.83. The summed E-state index contributed by atoms with van der Waals surface area (Å²) in [5.41, 5.74) is 2.10. The molecule has 3 aromatic rings. The third-order valence-electron chi connectivity index (χ3n) is 3.49. The van der Waals surface area contributed by atoms with Crippen molar-refractivity contribution in [2.75, 3.05) is 21.2 Å². The Kier molecular flexibility index (Phi) is 3.78. The minimum absolute atomic E-state index is 0.175. The van der Waals surface area contributed by atoms with E-state index in [1.807, 2.05) is 10.6 Å². The number of imidazole rings is 1. The average Bonchev–Trinajstić information content (AvgIpc) is 2.97. The standard InChI is InChI=1S/C15H16N4O3S/c1-18(2)23(20,21)11-4-5-12(14(8-11)22-3)13-10-19-7-6-16-9-15(19)17-13/h4-10H,1-3H3.